The molecule has 0 spiro atoms. The third kappa shape index (κ3) is 4.86. The molecule has 1 heterocycles. The molecule has 0 unspecified atom stereocenters. The van der Waals surface area contributed by atoms with Gasteiger partial charge in [0.05, 0.1) is 19.9 Å². The van der Waals surface area contributed by atoms with E-state index in [1.165, 1.54) is 10.5 Å². The fourth-order valence-corrected chi connectivity index (χ4v) is 5.09. The lowest BCUT2D eigenvalue weighted by Gasteiger charge is -2.18. The molecule has 0 aliphatic carbocycles. The molecule has 0 amide bonds. The van der Waals surface area contributed by atoms with Gasteiger partial charge in [-0.05, 0) is 79.5 Å². The molecule has 6 heteroatoms. The van der Waals surface area contributed by atoms with Crippen molar-refractivity contribution in [1.82, 2.24) is 0 Å². The van der Waals surface area contributed by atoms with Crippen LogP contribution >= 0.6 is 11.8 Å². The number of hydrogen-bond acceptors (Lipinski definition) is 6. The summed E-state index contributed by atoms with van der Waals surface area (Å²) in [5, 5.41) is 0. The van der Waals surface area contributed by atoms with Crippen LogP contribution in [0.4, 0.5) is 5.69 Å². The van der Waals surface area contributed by atoms with Crippen molar-refractivity contribution in [3.05, 3.63) is 69.8 Å². The van der Waals surface area contributed by atoms with Crippen molar-refractivity contribution >= 4 is 17.4 Å². The average molecular weight is 466 g/mol. The molecule has 0 radical (unpaired) electrons. The Kier molecular flexibility index (Phi) is 6.94. The number of methoxy groups -OCH3 is 2. The van der Waals surface area contributed by atoms with Crippen LogP contribution in [0.25, 0.3) is 0 Å². The van der Waals surface area contributed by atoms with E-state index in [0.29, 0.717) is 12.1 Å². The molecule has 0 atom stereocenters. The third-order valence-electron chi connectivity index (χ3n) is 5.94. The monoisotopic (exact) mass is 465 g/mol. The molecule has 1 aliphatic heterocycles. The van der Waals surface area contributed by atoms with Crippen molar-refractivity contribution < 1.29 is 18.9 Å². The van der Waals surface area contributed by atoms with Crippen molar-refractivity contribution in [3.8, 4) is 23.0 Å². The second kappa shape index (κ2) is 9.87. The number of aryl methyl sites for hydroxylation is 4. The van der Waals surface area contributed by atoms with Crippen LogP contribution in [-0.4, -0.2) is 27.3 Å². The summed E-state index contributed by atoms with van der Waals surface area (Å²) < 4.78 is 23.0. The van der Waals surface area contributed by atoms with Gasteiger partial charge in [-0.1, -0.05) is 12.1 Å². The molecule has 3 aromatic carbocycles. The van der Waals surface area contributed by atoms with Crippen LogP contribution in [-0.2, 0) is 19.3 Å². The molecular formula is C27H31NO4S. The Hall–Kier alpha value is -2.99. The third-order valence-corrected chi connectivity index (χ3v) is 6.64. The number of anilines is 1. The highest BCUT2D eigenvalue weighted by atomic mass is 32.2. The molecule has 0 saturated carbocycles. The first-order chi connectivity index (χ1) is 15.9. The van der Waals surface area contributed by atoms with Gasteiger partial charge in [-0.15, -0.1) is 11.8 Å². The Morgan fingerprint density at radius 3 is 2.15 bits per heavy atom. The van der Waals surface area contributed by atoms with Crippen LogP contribution in [0, 0.1) is 13.8 Å². The van der Waals surface area contributed by atoms with E-state index >= 15 is 0 Å². The fourth-order valence-electron chi connectivity index (χ4n) is 4.57. The number of hydrogen-bond donors (Lipinski definition) is 1. The summed E-state index contributed by atoms with van der Waals surface area (Å²) in [6.45, 7) is 4.40. The fraction of sp³-hybridized carbons (Fsp3) is 0.333. The first-order valence-corrected chi connectivity index (χ1v) is 12.2. The highest BCUT2D eigenvalue weighted by Crippen LogP contribution is 2.40. The Labute approximate surface area is 200 Å². The number of nitrogens with two attached hydrogens (primary N) is 1. The van der Waals surface area contributed by atoms with E-state index in [-0.39, 0.29) is 6.79 Å². The van der Waals surface area contributed by atoms with E-state index in [1.54, 1.807) is 26.0 Å². The Bertz CT molecular complexity index is 1180. The molecule has 0 bridgehead atoms. The van der Waals surface area contributed by atoms with E-state index in [1.807, 2.05) is 12.1 Å². The quantitative estimate of drug-likeness (QED) is 0.339. The zero-order chi connectivity index (χ0) is 23.5. The van der Waals surface area contributed by atoms with E-state index in [2.05, 4.69) is 44.4 Å². The normalized spacial score (nSPS) is 12.2. The zero-order valence-electron chi connectivity index (χ0n) is 19.9. The number of ether oxygens (including phenoxy) is 4. The van der Waals surface area contributed by atoms with Gasteiger partial charge in [0.2, 0.25) is 6.79 Å². The minimum atomic E-state index is 0.264. The van der Waals surface area contributed by atoms with Gasteiger partial charge < -0.3 is 24.7 Å². The van der Waals surface area contributed by atoms with E-state index < -0.39 is 0 Å². The van der Waals surface area contributed by atoms with Crippen molar-refractivity contribution in [2.75, 3.05) is 33.0 Å². The lowest BCUT2D eigenvalue weighted by Crippen LogP contribution is -2.04. The minimum Gasteiger partial charge on any atom is -0.496 e. The van der Waals surface area contributed by atoms with Crippen LogP contribution in [0.1, 0.15) is 33.4 Å². The van der Waals surface area contributed by atoms with Gasteiger partial charge >= 0.3 is 0 Å². The van der Waals surface area contributed by atoms with Gasteiger partial charge in [0.25, 0.3) is 0 Å². The van der Waals surface area contributed by atoms with Crippen LogP contribution in [0.2, 0.25) is 0 Å². The maximum Gasteiger partial charge on any atom is 0.231 e. The maximum atomic E-state index is 6.20. The highest BCUT2D eigenvalue weighted by molar-refractivity contribution is 7.98. The first-order valence-electron chi connectivity index (χ1n) is 11.0. The number of nitrogen functional groups attached to an aromatic ring is 1. The topological polar surface area (TPSA) is 62.9 Å². The van der Waals surface area contributed by atoms with E-state index in [4.69, 9.17) is 24.7 Å². The molecule has 4 rings (SSSR count). The predicted molar refractivity (Wildman–Crippen MR) is 134 cm³/mol. The lowest BCUT2D eigenvalue weighted by molar-refractivity contribution is 0.173. The number of benzene rings is 3. The van der Waals surface area contributed by atoms with Gasteiger partial charge in [-0.2, -0.15) is 0 Å². The lowest BCUT2D eigenvalue weighted by atomic mass is 9.95. The number of thioether (sulfide) groups is 1. The molecule has 3 aromatic rings. The second-order valence-corrected chi connectivity index (χ2v) is 9.24. The minimum absolute atomic E-state index is 0.264. The van der Waals surface area contributed by atoms with Gasteiger partial charge in [0.1, 0.15) is 11.5 Å². The predicted octanol–water partition coefficient (Wildman–Crippen LogP) is 5.73. The van der Waals surface area contributed by atoms with E-state index in [9.17, 15) is 0 Å². The molecule has 0 fully saturated rings. The number of rotatable bonds is 8. The van der Waals surface area contributed by atoms with E-state index in [0.717, 1.165) is 63.7 Å². The molecule has 0 saturated heterocycles. The summed E-state index contributed by atoms with van der Waals surface area (Å²) in [5.74, 6) is 3.32. The van der Waals surface area contributed by atoms with Gasteiger partial charge in [0.15, 0.2) is 11.5 Å². The van der Waals surface area contributed by atoms with Crippen LogP contribution in [0.3, 0.4) is 0 Å². The highest BCUT2D eigenvalue weighted by Gasteiger charge is 2.21. The molecule has 33 heavy (non-hydrogen) atoms. The Morgan fingerprint density at radius 1 is 0.818 bits per heavy atom. The van der Waals surface area contributed by atoms with Crippen LogP contribution < -0.4 is 24.7 Å². The number of fused-ring (bicyclic) bond motifs is 1. The summed E-state index contributed by atoms with van der Waals surface area (Å²) in [6, 6.07) is 12.7. The summed E-state index contributed by atoms with van der Waals surface area (Å²) >= 11 is 1.73. The van der Waals surface area contributed by atoms with Gasteiger partial charge in [0, 0.05) is 22.4 Å². The molecule has 1 aliphatic rings. The van der Waals surface area contributed by atoms with Gasteiger partial charge in [-0.3, -0.25) is 0 Å². The molecule has 0 aromatic heterocycles. The zero-order valence-corrected chi connectivity index (χ0v) is 20.7. The molecule has 5 nitrogen and oxygen atoms in total. The van der Waals surface area contributed by atoms with Crippen LogP contribution in [0.15, 0.2) is 41.3 Å². The second-order valence-electron chi connectivity index (χ2n) is 8.36. The van der Waals surface area contributed by atoms with Crippen molar-refractivity contribution in [2.45, 2.75) is 38.0 Å². The Morgan fingerprint density at radius 2 is 1.45 bits per heavy atom. The van der Waals surface area contributed by atoms with Crippen LogP contribution in [0.5, 0.6) is 23.0 Å². The first kappa shape index (κ1) is 23.2. The summed E-state index contributed by atoms with van der Waals surface area (Å²) in [6.07, 6.45) is 4.43. The molecular weight excluding hydrogens is 434 g/mol. The maximum absolute atomic E-state index is 6.20. The molecule has 2 N–H and O–H groups in total. The smallest absolute Gasteiger partial charge is 0.231 e. The SMILES string of the molecule is COc1c(N)cc(C)cc1CCc1cc(SC)cc(Cc2cc(C)cc3c2OCO3)c1OC. The van der Waals surface area contributed by atoms with Crippen molar-refractivity contribution in [1.29, 1.82) is 0 Å². The largest absolute Gasteiger partial charge is 0.496 e. The average Bonchev–Trinajstić information content (AvgIpc) is 3.25. The van der Waals surface area contributed by atoms with Crippen molar-refractivity contribution in [3.63, 3.8) is 0 Å². The summed E-state index contributed by atoms with van der Waals surface area (Å²) in [4.78, 5) is 1.21. The summed E-state index contributed by atoms with van der Waals surface area (Å²) in [5.41, 5.74) is 13.7. The standard InChI is InChI=1S/C27H31NO4S/c1-16-8-18(26(30-4)23(28)10-16)6-7-19-13-22(33-5)14-21(25(19)29-3)12-20-9-17(2)11-24-27(20)32-15-31-24/h8-11,13-14H,6-7,12,15,28H2,1-5H3. The van der Waals surface area contributed by atoms with Crippen molar-refractivity contribution in [2.24, 2.45) is 0 Å². The van der Waals surface area contributed by atoms with Gasteiger partial charge in [-0.25, -0.2) is 0 Å². The molecule has 174 valence electrons. The Balaban J connectivity index is 1.69. The summed E-state index contributed by atoms with van der Waals surface area (Å²) in [7, 11) is 3.41.